The van der Waals surface area contributed by atoms with Gasteiger partial charge in [-0.1, -0.05) is 0 Å². The van der Waals surface area contributed by atoms with Crippen molar-refractivity contribution in [2.45, 2.75) is 38.1 Å². The third kappa shape index (κ3) is 2.03. The Bertz CT molecular complexity index is 272. The lowest BCUT2D eigenvalue weighted by molar-refractivity contribution is 0.129. The first kappa shape index (κ1) is 10.4. The highest BCUT2D eigenvalue weighted by molar-refractivity contribution is 5.75. The molecule has 1 saturated carbocycles. The number of rotatable bonds is 1. The molecule has 0 radical (unpaired) electrons. The van der Waals surface area contributed by atoms with Gasteiger partial charge in [-0.2, -0.15) is 0 Å². The van der Waals surface area contributed by atoms with Crippen LogP contribution >= 0.6 is 0 Å². The van der Waals surface area contributed by atoms with Crippen molar-refractivity contribution in [3.8, 4) is 0 Å². The monoisotopic (exact) mass is 223 g/mol. The van der Waals surface area contributed by atoms with Crippen LogP contribution in [-0.4, -0.2) is 43.2 Å². The fourth-order valence-corrected chi connectivity index (χ4v) is 2.90. The smallest absolute Gasteiger partial charge is 0.317 e. The Balaban J connectivity index is 1.51. The predicted octanol–water partition coefficient (Wildman–Crippen LogP) is 0.934. The van der Waals surface area contributed by atoms with Gasteiger partial charge in [0.1, 0.15) is 0 Å². The maximum Gasteiger partial charge on any atom is 0.317 e. The molecule has 4 nitrogen and oxygen atoms in total. The Kier molecular flexibility index (Phi) is 2.54. The Hall–Kier alpha value is -0.770. The van der Waals surface area contributed by atoms with E-state index in [9.17, 15) is 4.79 Å². The molecule has 1 aliphatic carbocycles. The van der Waals surface area contributed by atoms with Crippen molar-refractivity contribution >= 4 is 6.03 Å². The number of hydrogen-bond donors (Lipinski definition) is 2. The molecule has 0 unspecified atom stereocenters. The quantitative estimate of drug-likeness (QED) is 0.694. The molecule has 90 valence electrons. The van der Waals surface area contributed by atoms with Crippen molar-refractivity contribution in [3.05, 3.63) is 0 Å². The van der Waals surface area contributed by atoms with Gasteiger partial charge in [-0.3, -0.25) is 0 Å². The second kappa shape index (κ2) is 3.91. The van der Waals surface area contributed by atoms with Crippen LogP contribution in [0.25, 0.3) is 0 Å². The van der Waals surface area contributed by atoms with Gasteiger partial charge in [-0.25, -0.2) is 4.79 Å². The Labute approximate surface area is 96.8 Å². The predicted molar refractivity (Wildman–Crippen MR) is 62.3 cm³/mol. The van der Waals surface area contributed by atoms with Gasteiger partial charge in [0.05, 0.1) is 0 Å². The molecule has 4 heteroatoms. The maximum absolute atomic E-state index is 11.9. The van der Waals surface area contributed by atoms with E-state index in [0.29, 0.717) is 11.5 Å². The molecule has 2 heterocycles. The standard InChI is InChI=1S/C12H21N3O/c16-11(14-10-1-2-10)15-7-4-12(5-8-15)3-6-13-9-12/h10,13H,1-9H2,(H,14,16). The summed E-state index contributed by atoms with van der Waals surface area (Å²) in [5, 5.41) is 6.52. The lowest BCUT2D eigenvalue weighted by atomic mass is 9.78. The molecule has 16 heavy (non-hydrogen) atoms. The van der Waals surface area contributed by atoms with E-state index in [1.54, 1.807) is 0 Å². The topological polar surface area (TPSA) is 44.4 Å². The fourth-order valence-electron chi connectivity index (χ4n) is 2.90. The summed E-state index contributed by atoms with van der Waals surface area (Å²) < 4.78 is 0. The number of urea groups is 1. The first-order valence-electron chi connectivity index (χ1n) is 6.54. The van der Waals surface area contributed by atoms with Gasteiger partial charge in [0.25, 0.3) is 0 Å². The lowest BCUT2D eigenvalue weighted by Gasteiger charge is -2.38. The van der Waals surface area contributed by atoms with E-state index in [-0.39, 0.29) is 6.03 Å². The molecule has 0 aromatic carbocycles. The van der Waals surface area contributed by atoms with Crippen LogP contribution in [-0.2, 0) is 0 Å². The van der Waals surface area contributed by atoms with E-state index in [0.717, 1.165) is 26.2 Å². The van der Waals surface area contributed by atoms with Crippen LogP contribution in [0.2, 0.25) is 0 Å². The molecule has 0 atom stereocenters. The molecule has 3 rings (SSSR count). The minimum atomic E-state index is 0.170. The Morgan fingerprint density at radius 3 is 2.56 bits per heavy atom. The van der Waals surface area contributed by atoms with Crippen molar-refractivity contribution in [2.24, 2.45) is 5.41 Å². The molecule has 3 fully saturated rings. The highest BCUT2D eigenvalue weighted by Gasteiger charge is 2.38. The Morgan fingerprint density at radius 2 is 2.00 bits per heavy atom. The first-order chi connectivity index (χ1) is 7.77. The third-order valence-corrected chi connectivity index (χ3v) is 4.35. The van der Waals surface area contributed by atoms with E-state index in [1.807, 2.05) is 4.90 Å². The average molecular weight is 223 g/mol. The van der Waals surface area contributed by atoms with Crippen molar-refractivity contribution in [2.75, 3.05) is 26.2 Å². The summed E-state index contributed by atoms with van der Waals surface area (Å²) in [6.45, 7) is 4.21. The number of carbonyl (C=O) groups excluding carboxylic acids is 1. The maximum atomic E-state index is 11.9. The van der Waals surface area contributed by atoms with Crippen molar-refractivity contribution < 1.29 is 4.79 Å². The molecule has 0 aromatic rings. The van der Waals surface area contributed by atoms with Crippen molar-refractivity contribution in [3.63, 3.8) is 0 Å². The zero-order valence-corrected chi connectivity index (χ0v) is 9.80. The molecular weight excluding hydrogens is 202 g/mol. The van der Waals surface area contributed by atoms with Gasteiger partial charge in [0.2, 0.25) is 0 Å². The summed E-state index contributed by atoms with van der Waals surface area (Å²) in [6.07, 6.45) is 6.00. The summed E-state index contributed by atoms with van der Waals surface area (Å²) in [5.74, 6) is 0. The highest BCUT2D eigenvalue weighted by Crippen LogP contribution is 2.36. The van der Waals surface area contributed by atoms with Gasteiger partial charge < -0.3 is 15.5 Å². The number of nitrogens with one attached hydrogen (secondary N) is 2. The Morgan fingerprint density at radius 1 is 1.25 bits per heavy atom. The van der Waals surface area contributed by atoms with Gasteiger partial charge >= 0.3 is 6.03 Å². The molecule has 0 aromatic heterocycles. The van der Waals surface area contributed by atoms with E-state index in [4.69, 9.17) is 0 Å². The van der Waals surface area contributed by atoms with Gasteiger partial charge in [-0.15, -0.1) is 0 Å². The van der Waals surface area contributed by atoms with Crippen LogP contribution in [0.1, 0.15) is 32.1 Å². The summed E-state index contributed by atoms with van der Waals surface area (Å²) >= 11 is 0. The van der Waals surface area contributed by atoms with Crippen LogP contribution in [0, 0.1) is 5.41 Å². The summed E-state index contributed by atoms with van der Waals surface area (Å²) in [7, 11) is 0. The summed E-state index contributed by atoms with van der Waals surface area (Å²) in [5.41, 5.74) is 0.510. The second-order valence-corrected chi connectivity index (χ2v) is 5.64. The zero-order valence-electron chi connectivity index (χ0n) is 9.80. The number of nitrogens with zero attached hydrogens (tertiary/aromatic N) is 1. The summed E-state index contributed by atoms with van der Waals surface area (Å²) in [6, 6.07) is 0.653. The first-order valence-corrected chi connectivity index (χ1v) is 6.54. The van der Waals surface area contributed by atoms with E-state index < -0.39 is 0 Å². The van der Waals surface area contributed by atoms with Gasteiger partial charge in [0, 0.05) is 25.7 Å². The molecule has 3 aliphatic rings. The second-order valence-electron chi connectivity index (χ2n) is 5.64. The van der Waals surface area contributed by atoms with Crippen molar-refractivity contribution in [1.82, 2.24) is 15.5 Å². The minimum Gasteiger partial charge on any atom is -0.335 e. The van der Waals surface area contributed by atoms with Gasteiger partial charge in [0.15, 0.2) is 0 Å². The van der Waals surface area contributed by atoms with E-state index in [2.05, 4.69) is 10.6 Å². The summed E-state index contributed by atoms with van der Waals surface area (Å²) in [4.78, 5) is 13.9. The molecule has 2 N–H and O–H groups in total. The largest absolute Gasteiger partial charge is 0.335 e. The SMILES string of the molecule is O=C(NC1CC1)N1CCC2(CCNC2)CC1. The van der Waals surface area contributed by atoms with Gasteiger partial charge in [-0.05, 0) is 44.1 Å². The third-order valence-electron chi connectivity index (χ3n) is 4.35. The molecular formula is C12H21N3O. The van der Waals surface area contributed by atoms with E-state index >= 15 is 0 Å². The van der Waals surface area contributed by atoms with Crippen molar-refractivity contribution in [1.29, 1.82) is 0 Å². The number of likely N-dealkylation sites (tertiary alicyclic amines) is 1. The molecule has 2 amide bonds. The van der Waals surface area contributed by atoms with E-state index in [1.165, 1.54) is 32.1 Å². The fraction of sp³-hybridized carbons (Fsp3) is 0.917. The normalized spacial score (nSPS) is 28.4. The molecule has 2 saturated heterocycles. The highest BCUT2D eigenvalue weighted by atomic mass is 16.2. The van der Waals surface area contributed by atoms with Crippen LogP contribution in [0.4, 0.5) is 4.79 Å². The van der Waals surface area contributed by atoms with Crippen LogP contribution < -0.4 is 10.6 Å². The van der Waals surface area contributed by atoms with Crippen LogP contribution in [0.3, 0.4) is 0 Å². The number of hydrogen-bond acceptors (Lipinski definition) is 2. The molecule has 1 spiro atoms. The number of amides is 2. The molecule has 2 aliphatic heterocycles. The average Bonchev–Trinajstić information content (AvgIpc) is 3.00. The van der Waals surface area contributed by atoms with Crippen LogP contribution in [0.15, 0.2) is 0 Å². The lowest BCUT2D eigenvalue weighted by Crippen LogP contribution is -2.48. The minimum absolute atomic E-state index is 0.170. The number of piperidine rings is 1. The number of carbonyl (C=O) groups is 1. The van der Waals surface area contributed by atoms with Crippen LogP contribution in [0.5, 0.6) is 0 Å². The molecule has 0 bridgehead atoms. The zero-order chi connectivity index (χ0) is 11.0.